The molecule has 142 valence electrons. The monoisotopic (exact) mass is 370 g/mol. The minimum absolute atomic E-state index is 0.0640. The zero-order valence-corrected chi connectivity index (χ0v) is 15.1. The molecule has 3 heterocycles. The van der Waals surface area contributed by atoms with Crippen molar-refractivity contribution < 1.29 is 18.7 Å². The van der Waals surface area contributed by atoms with Gasteiger partial charge in [-0.2, -0.15) is 0 Å². The number of hydrogen-bond donors (Lipinski definition) is 0. The zero-order chi connectivity index (χ0) is 18.7. The number of likely N-dealkylation sites (tertiary alicyclic amines) is 1. The molecule has 5 nitrogen and oxygen atoms in total. The van der Waals surface area contributed by atoms with Crippen molar-refractivity contribution in [3.8, 4) is 0 Å². The second-order valence-corrected chi connectivity index (χ2v) is 7.30. The SMILES string of the molecule is O=C(Cc1ccccc1F)N1CC2(CC(OCc3ccccn3)CCO2)C1. The highest BCUT2D eigenvalue weighted by Gasteiger charge is 2.49. The van der Waals surface area contributed by atoms with Crippen LogP contribution in [0.5, 0.6) is 0 Å². The molecular weight excluding hydrogens is 347 g/mol. The number of rotatable bonds is 5. The Morgan fingerprint density at radius 1 is 1.26 bits per heavy atom. The van der Waals surface area contributed by atoms with E-state index in [4.69, 9.17) is 9.47 Å². The summed E-state index contributed by atoms with van der Waals surface area (Å²) in [6, 6.07) is 12.2. The van der Waals surface area contributed by atoms with Gasteiger partial charge in [0.25, 0.3) is 0 Å². The Bertz CT molecular complexity index is 793. The number of carbonyl (C=O) groups is 1. The van der Waals surface area contributed by atoms with Crippen LogP contribution in [-0.2, 0) is 27.3 Å². The quantitative estimate of drug-likeness (QED) is 0.812. The van der Waals surface area contributed by atoms with E-state index in [0.29, 0.717) is 31.9 Å². The van der Waals surface area contributed by atoms with Gasteiger partial charge in [-0.1, -0.05) is 24.3 Å². The van der Waals surface area contributed by atoms with Crippen molar-refractivity contribution in [3.05, 3.63) is 65.7 Å². The number of ether oxygens (including phenoxy) is 2. The van der Waals surface area contributed by atoms with E-state index in [1.54, 1.807) is 29.3 Å². The number of aromatic nitrogens is 1. The molecule has 0 aliphatic carbocycles. The first-order valence-electron chi connectivity index (χ1n) is 9.30. The van der Waals surface area contributed by atoms with Crippen molar-refractivity contribution >= 4 is 5.91 Å². The van der Waals surface area contributed by atoms with Crippen LogP contribution in [-0.4, -0.2) is 47.2 Å². The Labute approximate surface area is 158 Å². The van der Waals surface area contributed by atoms with Crippen molar-refractivity contribution in [1.29, 1.82) is 0 Å². The van der Waals surface area contributed by atoms with Gasteiger partial charge in [-0.05, 0) is 30.2 Å². The lowest BCUT2D eigenvalue weighted by molar-refractivity contribution is -0.202. The summed E-state index contributed by atoms with van der Waals surface area (Å²) in [4.78, 5) is 18.4. The number of pyridine rings is 1. The first-order chi connectivity index (χ1) is 13.1. The van der Waals surface area contributed by atoms with E-state index in [1.807, 2.05) is 18.2 Å². The van der Waals surface area contributed by atoms with Crippen LogP contribution in [0.3, 0.4) is 0 Å². The Morgan fingerprint density at radius 3 is 2.85 bits per heavy atom. The van der Waals surface area contributed by atoms with Gasteiger partial charge in [0.1, 0.15) is 11.4 Å². The first kappa shape index (κ1) is 18.1. The van der Waals surface area contributed by atoms with Gasteiger partial charge in [-0.3, -0.25) is 9.78 Å². The molecule has 27 heavy (non-hydrogen) atoms. The van der Waals surface area contributed by atoms with Crippen LogP contribution in [0.25, 0.3) is 0 Å². The van der Waals surface area contributed by atoms with Crippen LogP contribution in [0.15, 0.2) is 48.7 Å². The van der Waals surface area contributed by atoms with E-state index >= 15 is 0 Å². The van der Waals surface area contributed by atoms with E-state index in [0.717, 1.165) is 18.5 Å². The van der Waals surface area contributed by atoms with Crippen LogP contribution in [0.2, 0.25) is 0 Å². The third-order valence-electron chi connectivity index (χ3n) is 5.25. The van der Waals surface area contributed by atoms with Crippen LogP contribution >= 0.6 is 0 Å². The van der Waals surface area contributed by atoms with Gasteiger partial charge >= 0.3 is 0 Å². The van der Waals surface area contributed by atoms with Crippen molar-refractivity contribution in [2.45, 2.75) is 37.6 Å². The maximum Gasteiger partial charge on any atom is 0.227 e. The summed E-state index contributed by atoms with van der Waals surface area (Å²) < 4.78 is 25.7. The van der Waals surface area contributed by atoms with Gasteiger partial charge in [0.2, 0.25) is 5.91 Å². The standard InChI is InChI=1S/C21H23FN2O3/c22-19-7-2-1-5-16(19)11-20(25)24-14-21(15-24)12-18(8-10-27-21)26-13-17-6-3-4-9-23-17/h1-7,9,18H,8,10-15H2. The molecule has 2 fully saturated rings. The zero-order valence-electron chi connectivity index (χ0n) is 15.1. The van der Waals surface area contributed by atoms with Gasteiger partial charge < -0.3 is 14.4 Å². The molecule has 2 aliphatic rings. The lowest BCUT2D eigenvalue weighted by Crippen LogP contribution is -2.67. The molecule has 2 aromatic rings. The van der Waals surface area contributed by atoms with Gasteiger partial charge in [0.05, 0.1) is 37.9 Å². The van der Waals surface area contributed by atoms with Gasteiger partial charge in [0.15, 0.2) is 0 Å². The number of nitrogens with zero attached hydrogens (tertiary/aromatic N) is 2. The summed E-state index contributed by atoms with van der Waals surface area (Å²) in [6.07, 6.45) is 3.56. The molecule has 1 amide bonds. The maximum absolute atomic E-state index is 13.7. The summed E-state index contributed by atoms with van der Waals surface area (Å²) in [5.74, 6) is -0.399. The number of benzene rings is 1. The predicted molar refractivity (Wildman–Crippen MR) is 97.4 cm³/mol. The molecule has 1 unspecified atom stereocenters. The minimum atomic E-state index is -0.335. The summed E-state index contributed by atoms with van der Waals surface area (Å²) in [7, 11) is 0. The summed E-state index contributed by atoms with van der Waals surface area (Å²) in [5, 5.41) is 0. The average Bonchev–Trinajstić information content (AvgIpc) is 2.67. The molecule has 2 saturated heterocycles. The Morgan fingerprint density at radius 2 is 2.07 bits per heavy atom. The van der Waals surface area contributed by atoms with Gasteiger partial charge in [-0.25, -0.2) is 4.39 Å². The Balaban J connectivity index is 1.28. The number of hydrogen-bond acceptors (Lipinski definition) is 4. The molecule has 1 spiro atoms. The molecule has 2 aliphatic heterocycles. The molecule has 1 aromatic heterocycles. The average molecular weight is 370 g/mol. The van der Waals surface area contributed by atoms with E-state index < -0.39 is 0 Å². The normalized spacial score (nSPS) is 21.1. The molecule has 4 rings (SSSR count). The highest BCUT2D eigenvalue weighted by molar-refractivity contribution is 5.80. The molecule has 0 saturated carbocycles. The first-order valence-corrected chi connectivity index (χ1v) is 9.30. The van der Waals surface area contributed by atoms with E-state index in [2.05, 4.69) is 4.98 Å². The van der Waals surface area contributed by atoms with Crippen molar-refractivity contribution in [3.63, 3.8) is 0 Å². The van der Waals surface area contributed by atoms with Gasteiger partial charge in [-0.15, -0.1) is 0 Å². The number of halogens is 1. The maximum atomic E-state index is 13.7. The fourth-order valence-electron chi connectivity index (χ4n) is 3.77. The molecular formula is C21H23FN2O3. The van der Waals surface area contributed by atoms with E-state index in [-0.39, 0.29) is 29.9 Å². The highest BCUT2D eigenvalue weighted by atomic mass is 19.1. The molecule has 1 atom stereocenters. The number of amides is 1. The topological polar surface area (TPSA) is 51.7 Å². The fraction of sp³-hybridized carbons (Fsp3) is 0.429. The second kappa shape index (κ2) is 7.74. The van der Waals surface area contributed by atoms with E-state index in [1.165, 1.54) is 6.07 Å². The fourth-order valence-corrected chi connectivity index (χ4v) is 3.77. The highest BCUT2D eigenvalue weighted by Crippen LogP contribution is 2.36. The molecule has 1 aromatic carbocycles. The van der Waals surface area contributed by atoms with Crippen LogP contribution < -0.4 is 0 Å². The summed E-state index contributed by atoms with van der Waals surface area (Å²) >= 11 is 0. The smallest absolute Gasteiger partial charge is 0.227 e. The molecule has 0 N–H and O–H groups in total. The lowest BCUT2D eigenvalue weighted by atomic mass is 9.84. The number of carbonyl (C=O) groups excluding carboxylic acids is 1. The third-order valence-corrected chi connectivity index (χ3v) is 5.25. The van der Waals surface area contributed by atoms with Gasteiger partial charge in [0, 0.05) is 19.2 Å². The van der Waals surface area contributed by atoms with Crippen LogP contribution in [0.1, 0.15) is 24.1 Å². The second-order valence-electron chi connectivity index (χ2n) is 7.30. The van der Waals surface area contributed by atoms with Crippen LogP contribution in [0, 0.1) is 5.82 Å². The minimum Gasteiger partial charge on any atom is -0.372 e. The lowest BCUT2D eigenvalue weighted by Gasteiger charge is -2.53. The largest absolute Gasteiger partial charge is 0.372 e. The van der Waals surface area contributed by atoms with E-state index in [9.17, 15) is 9.18 Å². The van der Waals surface area contributed by atoms with Crippen molar-refractivity contribution in [1.82, 2.24) is 9.88 Å². The van der Waals surface area contributed by atoms with Crippen LogP contribution in [0.4, 0.5) is 4.39 Å². The molecule has 0 bridgehead atoms. The predicted octanol–water partition coefficient (Wildman–Crippen LogP) is 2.74. The summed E-state index contributed by atoms with van der Waals surface area (Å²) in [5.41, 5.74) is 1.02. The van der Waals surface area contributed by atoms with Crippen molar-refractivity contribution in [2.75, 3.05) is 19.7 Å². The third kappa shape index (κ3) is 4.17. The summed E-state index contributed by atoms with van der Waals surface area (Å²) in [6.45, 7) is 2.20. The van der Waals surface area contributed by atoms with Crippen molar-refractivity contribution in [2.24, 2.45) is 0 Å². The molecule has 0 radical (unpaired) electrons. The molecule has 6 heteroatoms. The Hall–Kier alpha value is -2.31. The Kier molecular flexibility index (Phi) is 5.18.